The Balaban J connectivity index is 1.67. The van der Waals surface area contributed by atoms with E-state index in [1.807, 2.05) is 0 Å². The summed E-state index contributed by atoms with van der Waals surface area (Å²) in [6.45, 7) is 4.35. The summed E-state index contributed by atoms with van der Waals surface area (Å²) in [5, 5.41) is 8.03. The summed E-state index contributed by atoms with van der Waals surface area (Å²) in [6.07, 6.45) is 1.07. The van der Waals surface area contributed by atoms with Crippen LogP contribution >= 0.6 is 0 Å². The molecule has 0 heteroatoms. The van der Waals surface area contributed by atoms with E-state index in [0.29, 0.717) is 0 Å². The van der Waals surface area contributed by atoms with Crippen LogP contribution in [0.4, 0.5) is 0 Å². The molecule has 0 saturated carbocycles. The van der Waals surface area contributed by atoms with E-state index in [0.717, 1.165) is 6.42 Å². The lowest BCUT2D eigenvalue weighted by Crippen LogP contribution is -1.90. The number of hydrogen-bond acceptors (Lipinski definition) is 0. The van der Waals surface area contributed by atoms with Crippen molar-refractivity contribution in [2.45, 2.75) is 20.3 Å². The first-order chi connectivity index (χ1) is 15.2. The van der Waals surface area contributed by atoms with E-state index in [9.17, 15) is 0 Å². The minimum absolute atomic E-state index is 1.07. The molecule has 0 nitrogen and oxygen atoms in total. The predicted molar refractivity (Wildman–Crippen MR) is 135 cm³/mol. The maximum atomic E-state index is 2.30. The highest BCUT2D eigenvalue weighted by atomic mass is 14.2. The second-order valence-electron chi connectivity index (χ2n) is 8.57. The maximum absolute atomic E-state index is 2.30. The molecule has 0 radical (unpaired) electrons. The van der Waals surface area contributed by atoms with Gasteiger partial charge in [0.2, 0.25) is 0 Å². The molecular weight excluding hydrogens is 372 g/mol. The van der Waals surface area contributed by atoms with Crippen molar-refractivity contribution in [3.8, 4) is 22.3 Å². The molecule has 0 fully saturated rings. The number of rotatable bonds is 3. The molecule has 0 aromatic heterocycles. The first kappa shape index (κ1) is 18.2. The Morgan fingerprint density at radius 2 is 0.935 bits per heavy atom. The van der Waals surface area contributed by atoms with Gasteiger partial charge in [-0.15, -0.1) is 0 Å². The van der Waals surface area contributed by atoms with Crippen molar-refractivity contribution in [3.63, 3.8) is 0 Å². The van der Waals surface area contributed by atoms with Crippen LogP contribution in [0.2, 0.25) is 0 Å². The Morgan fingerprint density at radius 1 is 0.484 bits per heavy atom. The van der Waals surface area contributed by atoms with Crippen molar-refractivity contribution in [3.05, 3.63) is 108 Å². The van der Waals surface area contributed by atoms with Crippen LogP contribution in [0.25, 0.3) is 54.6 Å². The summed E-state index contributed by atoms with van der Waals surface area (Å²) < 4.78 is 0. The molecule has 0 atom stereocenters. The molecule has 0 unspecified atom stereocenters. The lowest BCUT2D eigenvalue weighted by Gasteiger charge is -2.16. The maximum Gasteiger partial charge on any atom is -0.00203 e. The summed E-state index contributed by atoms with van der Waals surface area (Å²) in [5.74, 6) is 0. The highest BCUT2D eigenvalue weighted by Crippen LogP contribution is 2.42. The third kappa shape index (κ3) is 2.83. The van der Waals surface area contributed by atoms with Crippen LogP contribution in [0, 0.1) is 6.92 Å². The second-order valence-corrected chi connectivity index (χ2v) is 8.57. The zero-order valence-corrected chi connectivity index (χ0v) is 17.9. The minimum atomic E-state index is 1.07. The highest BCUT2D eigenvalue weighted by molar-refractivity contribution is 6.27. The van der Waals surface area contributed by atoms with Gasteiger partial charge in [-0.2, -0.15) is 0 Å². The van der Waals surface area contributed by atoms with Gasteiger partial charge in [0.05, 0.1) is 0 Å². The fourth-order valence-corrected chi connectivity index (χ4v) is 4.96. The van der Waals surface area contributed by atoms with E-state index in [4.69, 9.17) is 0 Å². The fraction of sp³-hybridized carbons (Fsp3) is 0.0968. The van der Waals surface area contributed by atoms with Gasteiger partial charge in [0.25, 0.3) is 0 Å². The molecule has 6 aromatic carbocycles. The molecule has 0 aliphatic carbocycles. The zero-order chi connectivity index (χ0) is 20.9. The van der Waals surface area contributed by atoms with E-state index in [2.05, 4.69) is 111 Å². The molecular formula is C31H24. The van der Waals surface area contributed by atoms with Gasteiger partial charge in [-0.1, -0.05) is 110 Å². The Bertz CT molecular complexity index is 1530. The lowest BCUT2D eigenvalue weighted by atomic mass is 9.87. The summed E-state index contributed by atoms with van der Waals surface area (Å²) in [5.41, 5.74) is 7.85. The Labute approximate surface area is 183 Å². The molecule has 0 amide bonds. The first-order valence-electron chi connectivity index (χ1n) is 11.1. The first-order valence-corrected chi connectivity index (χ1v) is 11.1. The van der Waals surface area contributed by atoms with E-state index < -0.39 is 0 Å². The quantitative estimate of drug-likeness (QED) is 0.262. The van der Waals surface area contributed by atoms with Gasteiger partial charge in [-0.05, 0) is 73.5 Å². The van der Waals surface area contributed by atoms with Crippen LogP contribution in [-0.2, 0) is 6.42 Å². The molecule has 0 spiro atoms. The van der Waals surface area contributed by atoms with E-state index >= 15 is 0 Å². The van der Waals surface area contributed by atoms with Crippen LogP contribution in [0.15, 0.2) is 97.1 Å². The Morgan fingerprint density at radius 3 is 1.42 bits per heavy atom. The van der Waals surface area contributed by atoms with Crippen molar-refractivity contribution in [2.75, 3.05) is 0 Å². The standard InChI is InChI=1S/C31H24/c1-3-21-6-10-23(11-7-21)27-17-13-25-14-18-28-26(22-8-4-20(2)5-9-22)16-12-24-15-19-29(27)31(25)30(24)28/h4-19H,3H2,1-2H3. The van der Waals surface area contributed by atoms with Gasteiger partial charge >= 0.3 is 0 Å². The smallest absolute Gasteiger partial charge is 0.00203 e. The molecule has 0 heterocycles. The van der Waals surface area contributed by atoms with Gasteiger partial charge in [-0.3, -0.25) is 0 Å². The number of hydrogen-bond donors (Lipinski definition) is 0. The molecule has 0 aliphatic rings. The fourth-order valence-electron chi connectivity index (χ4n) is 4.96. The summed E-state index contributed by atoms with van der Waals surface area (Å²) >= 11 is 0. The molecule has 148 valence electrons. The van der Waals surface area contributed by atoms with Crippen LogP contribution in [0.3, 0.4) is 0 Å². The third-order valence-electron chi connectivity index (χ3n) is 6.70. The van der Waals surface area contributed by atoms with E-state index in [1.54, 1.807) is 0 Å². The van der Waals surface area contributed by atoms with Crippen LogP contribution in [-0.4, -0.2) is 0 Å². The van der Waals surface area contributed by atoms with Crippen molar-refractivity contribution in [1.82, 2.24) is 0 Å². The highest BCUT2D eigenvalue weighted by Gasteiger charge is 2.14. The Hall–Kier alpha value is -3.64. The number of aryl methyl sites for hydroxylation is 2. The van der Waals surface area contributed by atoms with Crippen molar-refractivity contribution in [2.24, 2.45) is 0 Å². The molecule has 31 heavy (non-hydrogen) atoms. The third-order valence-corrected chi connectivity index (χ3v) is 6.70. The molecule has 6 aromatic rings. The minimum Gasteiger partial charge on any atom is -0.0613 e. The average Bonchev–Trinajstić information content (AvgIpc) is 2.83. The monoisotopic (exact) mass is 396 g/mol. The van der Waals surface area contributed by atoms with Gasteiger partial charge in [0, 0.05) is 0 Å². The topological polar surface area (TPSA) is 0 Å². The second kappa shape index (κ2) is 6.96. The van der Waals surface area contributed by atoms with Crippen molar-refractivity contribution < 1.29 is 0 Å². The summed E-state index contributed by atoms with van der Waals surface area (Å²) in [4.78, 5) is 0. The van der Waals surface area contributed by atoms with Crippen LogP contribution in [0.1, 0.15) is 18.1 Å². The van der Waals surface area contributed by atoms with Gasteiger partial charge < -0.3 is 0 Å². The van der Waals surface area contributed by atoms with Crippen LogP contribution < -0.4 is 0 Å². The van der Waals surface area contributed by atoms with Crippen molar-refractivity contribution >= 4 is 32.3 Å². The largest absolute Gasteiger partial charge is 0.0613 e. The van der Waals surface area contributed by atoms with Gasteiger partial charge in [0.15, 0.2) is 0 Å². The zero-order valence-electron chi connectivity index (χ0n) is 17.9. The SMILES string of the molecule is CCc1ccc(-c2ccc3ccc4c(-c5ccc(C)cc5)ccc5ccc2c3c54)cc1. The predicted octanol–water partition coefficient (Wildman–Crippen LogP) is 8.79. The Kier molecular flexibility index (Phi) is 4.07. The normalized spacial score (nSPS) is 11.7. The average molecular weight is 397 g/mol. The van der Waals surface area contributed by atoms with E-state index in [1.165, 1.54) is 65.7 Å². The molecule has 0 bridgehead atoms. The summed E-state index contributed by atoms with van der Waals surface area (Å²) in [6, 6.07) is 36.2. The van der Waals surface area contributed by atoms with Crippen LogP contribution in [0.5, 0.6) is 0 Å². The van der Waals surface area contributed by atoms with E-state index in [-0.39, 0.29) is 0 Å². The molecule has 0 saturated heterocycles. The number of benzene rings is 6. The van der Waals surface area contributed by atoms with Gasteiger partial charge in [-0.25, -0.2) is 0 Å². The molecule has 0 aliphatic heterocycles. The summed E-state index contributed by atoms with van der Waals surface area (Å²) in [7, 11) is 0. The molecule has 6 rings (SSSR count). The van der Waals surface area contributed by atoms with Gasteiger partial charge in [0.1, 0.15) is 0 Å². The molecule has 0 N–H and O–H groups in total. The lowest BCUT2D eigenvalue weighted by molar-refractivity contribution is 1.14. The van der Waals surface area contributed by atoms with Crippen molar-refractivity contribution in [1.29, 1.82) is 0 Å².